The van der Waals surface area contributed by atoms with Gasteiger partial charge in [-0.2, -0.15) is 0 Å². The molecule has 1 N–H and O–H groups in total. The van der Waals surface area contributed by atoms with E-state index in [0.29, 0.717) is 5.69 Å². The number of hydrogen-bond donors (Lipinski definition) is 2. The Morgan fingerprint density at radius 3 is 2.82 bits per heavy atom. The molecule has 1 heterocycles. The molecule has 6 heteroatoms. The van der Waals surface area contributed by atoms with Gasteiger partial charge in [-0.3, -0.25) is 9.59 Å². The molecule has 1 aliphatic rings. The van der Waals surface area contributed by atoms with Crippen molar-refractivity contribution in [2.45, 2.75) is 17.1 Å². The summed E-state index contributed by atoms with van der Waals surface area (Å²) in [6, 6.07) is 5.59. The van der Waals surface area contributed by atoms with Crippen molar-refractivity contribution in [3.63, 3.8) is 0 Å². The summed E-state index contributed by atoms with van der Waals surface area (Å²) in [6.07, 6.45) is 0. The zero-order valence-corrected chi connectivity index (χ0v) is 11.1. The minimum absolute atomic E-state index is 0.226. The van der Waals surface area contributed by atoms with Gasteiger partial charge in [-0.05, 0) is 25.1 Å². The van der Waals surface area contributed by atoms with Gasteiger partial charge in [-0.25, -0.2) is 4.90 Å². The third kappa shape index (κ3) is 2.14. The number of fused-ring (bicyclic) bond motifs is 1. The quantitative estimate of drug-likeness (QED) is 0.769. The van der Waals surface area contributed by atoms with Crippen LogP contribution in [0.25, 0.3) is 0 Å². The van der Waals surface area contributed by atoms with E-state index in [1.165, 1.54) is 11.8 Å². The fourth-order valence-corrected chi connectivity index (χ4v) is 2.90. The van der Waals surface area contributed by atoms with E-state index < -0.39 is 5.24 Å². The summed E-state index contributed by atoms with van der Waals surface area (Å²) in [5.41, 5.74) is 1.45. The zero-order valence-electron chi connectivity index (χ0n) is 9.43. The maximum atomic E-state index is 11.9. The SMILES string of the molecule is CNc1ccc2c(c1)N(C(=O)S)C(=O)C(C)S2. The molecule has 2 amide bonds. The van der Waals surface area contributed by atoms with Gasteiger partial charge in [0.25, 0.3) is 5.24 Å². The molecule has 1 aliphatic heterocycles. The number of thiol groups is 1. The summed E-state index contributed by atoms with van der Waals surface area (Å²) in [5.74, 6) is -0.226. The predicted molar refractivity (Wildman–Crippen MR) is 73.2 cm³/mol. The van der Waals surface area contributed by atoms with Crippen molar-refractivity contribution in [2.24, 2.45) is 0 Å². The Kier molecular flexibility index (Phi) is 3.35. The molecule has 0 radical (unpaired) electrons. The number of carbonyl (C=O) groups is 2. The number of hydrogen-bond acceptors (Lipinski definition) is 4. The van der Waals surface area contributed by atoms with Crippen molar-refractivity contribution in [3.05, 3.63) is 18.2 Å². The van der Waals surface area contributed by atoms with Crippen molar-refractivity contribution in [1.82, 2.24) is 0 Å². The molecule has 0 spiro atoms. The average molecular weight is 268 g/mol. The second-order valence-corrected chi connectivity index (χ2v) is 5.41. The first-order valence-corrected chi connectivity index (χ1v) is 6.42. The largest absolute Gasteiger partial charge is 0.388 e. The molecule has 0 saturated heterocycles. The van der Waals surface area contributed by atoms with Gasteiger partial charge < -0.3 is 5.32 Å². The number of nitrogens with zero attached hydrogens (tertiary/aromatic N) is 1. The van der Waals surface area contributed by atoms with Crippen LogP contribution in [-0.2, 0) is 4.79 Å². The summed E-state index contributed by atoms with van der Waals surface area (Å²) in [7, 11) is 1.79. The zero-order chi connectivity index (χ0) is 12.6. The highest BCUT2D eigenvalue weighted by molar-refractivity contribution is 8.01. The third-order valence-electron chi connectivity index (χ3n) is 2.55. The number of amides is 2. The van der Waals surface area contributed by atoms with Gasteiger partial charge in [0.2, 0.25) is 5.91 Å². The molecule has 2 rings (SSSR count). The van der Waals surface area contributed by atoms with Crippen LogP contribution in [0.15, 0.2) is 23.1 Å². The number of benzene rings is 1. The van der Waals surface area contributed by atoms with E-state index >= 15 is 0 Å². The normalized spacial score (nSPS) is 18.9. The van der Waals surface area contributed by atoms with Gasteiger partial charge in [-0.1, -0.05) is 12.6 Å². The van der Waals surface area contributed by atoms with Gasteiger partial charge in [0, 0.05) is 17.6 Å². The van der Waals surface area contributed by atoms with Gasteiger partial charge in [-0.15, -0.1) is 11.8 Å². The standard InChI is InChI=1S/C11H12N2O2S2/c1-6-10(14)13(11(15)16)8-5-7(12-2)3-4-9(8)17-6/h3-6,12H,1-2H3,(H,15,16). The number of nitrogens with one attached hydrogen (secondary N) is 1. The Hall–Kier alpha value is -1.14. The molecular formula is C11H12N2O2S2. The molecule has 0 aromatic heterocycles. The molecular weight excluding hydrogens is 256 g/mol. The monoisotopic (exact) mass is 268 g/mol. The van der Waals surface area contributed by atoms with Crippen molar-refractivity contribution in [1.29, 1.82) is 0 Å². The molecule has 1 atom stereocenters. The van der Waals surface area contributed by atoms with Crippen molar-refractivity contribution in [2.75, 3.05) is 17.3 Å². The summed E-state index contributed by atoms with van der Waals surface area (Å²) >= 11 is 5.22. The van der Waals surface area contributed by atoms with Gasteiger partial charge in [0.1, 0.15) is 0 Å². The Labute approximate surface area is 109 Å². The van der Waals surface area contributed by atoms with E-state index in [1.807, 2.05) is 12.1 Å². The molecule has 90 valence electrons. The van der Waals surface area contributed by atoms with Crippen LogP contribution in [0.2, 0.25) is 0 Å². The summed E-state index contributed by atoms with van der Waals surface area (Å²) in [6.45, 7) is 1.78. The predicted octanol–water partition coefficient (Wildman–Crippen LogP) is 2.61. The van der Waals surface area contributed by atoms with E-state index in [9.17, 15) is 9.59 Å². The van der Waals surface area contributed by atoms with Crippen LogP contribution in [0.1, 0.15) is 6.92 Å². The second-order valence-electron chi connectivity index (χ2n) is 3.65. The highest BCUT2D eigenvalue weighted by atomic mass is 32.2. The summed E-state index contributed by atoms with van der Waals surface area (Å²) in [5, 5.41) is 2.17. The Balaban J connectivity index is 2.55. The van der Waals surface area contributed by atoms with Crippen molar-refractivity contribution in [3.8, 4) is 0 Å². The minimum Gasteiger partial charge on any atom is -0.388 e. The summed E-state index contributed by atoms with van der Waals surface area (Å²) < 4.78 is 0. The van der Waals surface area contributed by atoms with Gasteiger partial charge >= 0.3 is 0 Å². The van der Waals surface area contributed by atoms with Crippen LogP contribution in [0, 0.1) is 0 Å². The molecule has 1 unspecified atom stereocenters. The molecule has 0 fully saturated rings. The molecule has 0 bridgehead atoms. The minimum atomic E-state index is -0.545. The van der Waals surface area contributed by atoms with E-state index in [-0.39, 0.29) is 11.2 Å². The number of anilines is 2. The molecule has 0 saturated carbocycles. The lowest BCUT2D eigenvalue weighted by Gasteiger charge is -2.29. The number of rotatable bonds is 1. The van der Waals surface area contributed by atoms with Gasteiger partial charge in [0.15, 0.2) is 0 Å². The fraction of sp³-hybridized carbons (Fsp3) is 0.273. The van der Waals surface area contributed by atoms with E-state index in [4.69, 9.17) is 0 Å². The van der Waals surface area contributed by atoms with Crippen LogP contribution in [0.5, 0.6) is 0 Å². The van der Waals surface area contributed by atoms with Crippen LogP contribution < -0.4 is 10.2 Å². The number of carbonyl (C=O) groups excluding carboxylic acids is 2. The first kappa shape index (κ1) is 12.3. The highest BCUT2D eigenvalue weighted by Gasteiger charge is 2.33. The fourth-order valence-electron chi connectivity index (χ4n) is 1.69. The van der Waals surface area contributed by atoms with Crippen LogP contribution in [0.3, 0.4) is 0 Å². The van der Waals surface area contributed by atoms with Crippen molar-refractivity contribution < 1.29 is 9.59 Å². The molecule has 17 heavy (non-hydrogen) atoms. The third-order valence-corrected chi connectivity index (χ3v) is 3.91. The Morgan fingerprint density at radius 2 is 2.24 bits per heavy atom. The van der Waals surface area contributed by atoms with Crippen LogP contribution in [0.4, 0.5) is 16.2 Å². The van der Waals surface area contributed by atoms with E-state index in [2.05, 4.69) is 17.9 Å². The molecule has 0 aliphatic carbocycles. The molecule has 1 aromatic carbocycles. The highest BCUT2D eigenvalue weighted by Crippen LogP contribution is 2.40. The number of thioether (sulfide) groups is 1. The lowest BCUT2D eigenvalue weighted by atomic mass is 10.2. The summed E-state index contributed by atoms with van der Waals surface area (Å²) in [4.78, 5) is 25.4. The van der Waals surface area contributed by atoms with Gasteiger partial charge in [0.05, 0.1) is 10.9 Å². The Morgan fingerprint density at radius 1 is 1.53 bits per heavy atom. The lowest BCUT2D eigenvalue weighted by Crippen LogP contribution is -2.41. The lowest BCUT2D eigenvalue weighted by molar-refractivity contribution is -0.117. The first-order chi connectivity index (χ1) is 8.04. The first-order valence-electron chi connectivity index (χ1n) is 5.10. The average Bonchev–Trinajstić information content (AvgIpc) is 2.29. The maximum Gasteiger partial charge on any atom is 0.289 e. The smallest absolute Gasteiger partial charge is 0.289 e. The van der Waals surface area contributed by atoms with Crippen molar-refractivity contribution >= 4 is 46.9 Å². The Bertz CT molecular complexity index is 490. The molecule has 1 aromatic rings. The second kappa shape index (κ2) is 4.62. The van der Waals surface area contributed by atoms with Crippen LogP contribution in [-0.4, -0.2) is 23.4 Å². The van der Waals surface area contributed by atoms with Crippen LogP contribution >= 0.6 is 24.4 Å². The van der Waals surface area contributed by atoms with E-state index in [0.717, 1.165) is 15.5 Å². The number of imide groups is 1. The topological polar surface area (TPSA) is 49.4 Å². The maximum absolute atomic E-state index is 11.9. The molecule has 4 nitrogen and oxygen atoms in total. The van der Waals surface area contributed by atoms with E-state index in [1.54, 1.807) is 20.0 Å².